The van der Waals surface area contributed by atoms with Crippen LogP contribution in [0, 0.1) is 5.92 Å². The van der Waals surface area contributed by atoms with E-state index >= 15 is 0 Å². The van der Waals surface area contributed by atoms with Gasteiger partial charge in [-0.05, 0) is 25.7 Å². The van der Waals surface area contributed by atoms with E-state index in [1.165, 1.54) is 6.42 Å². The molecule has 3 heteroatoms. The van der Waals surface area contributed by atoms with Crippen LogP contribution in [0.25, 0.3) is 0 Å². The summed E-state index contributed by atoms with van der Waals surface area (Å²) in [7, 11) is 1.72. The van der Waals surface area contributed by atoms with Crippen LogP contribution in [-0.4, -0.2) is 39.5 Å². The Kier molecular flexibility index (Phi) is 10.3. The predicted molar refractivity (Wildman–Crippen MR) is 64.2 cm³/mol. The van der Waals surface area contributed by atoms with Gasteiger partial charge in [-0.1, -0.05) is 13.8 Å². The Morgan fingerprint density at radius 2 is 1.80 bits per heavy atom. The number of methoxy groups -OCH3 is 1. The summed E-state index contributed by atoms with van der Waals surface area (Å²) >= 11 is 0. The van der Waals surface area contributed by atoms with E-state index in [0.717, 1.165) is 38.7 Å². The van der Waals surface area contributed by atoms with Gasteiger partial charge in [-0.3, -0.25) is 0 Å². The van der Waals surface area contributed by atoms with E-state index in [1.54, 1.807) is 7.11 Å². The van der Waals surface area contributed by atoms with Crippen LogP contribution in [0.5, 0.6) is 0 Å². The van der Waals surface area contributed by atoms with Crippen LogP contribution in [0.3, 0.4) is 0 Å². The Hall–Kier alpha value is -0.120. The normalized spacial score (nSPS) is 13.4. The minimum absolute atomic E-state index is 0.590. The lowest BCUT2D eigenvalue weighted by Gasteiger charge is -2.15. The molecule has 0 bridgehead atoms. The molecule has 0 saturated heterocycles. The summed E-state index contributed by atoms with van der Waals surface area (Å²) in [5, 5.41) is 3.45. The molecule has 0 saturated carbocycles. The second-order valence-corrected chi connectivity index (χ2v) is 4.44. The Bertz CT molecular complexity index is 129. The van der Waals surface area contributed by atoms with Crippen LogP contribution in [-0.2, 0) is 9.47 Å². The van der Waals surface area contributed by atoms with Crippen LogP contribution >= 0.6 is 0 Å². The molecule has 1 N–H and O–H groups in total. The third-order valence-corrected chi connectivity index (χ3v) is 2.20. The van der Waals surface area contributed by atoms with E-state index < -0.39 is 0 Å². The first-order chi connectivity index (χ1) is 7.16. The van der Waals surface area contributed by atoms with Crippen LogP contribution < -0.4 is 5.32 Å². The van der Waals surface area contributed by atoms with Gasteiger partial charge in [-0.25, -0.2) is 0 Å². The summed E-state index contributed by atoms with van der Waals surface area (Å²) in [6.45, 7) is 10.1. The molecule has 0 aliphatic rings. The molecule has 1 unspecified atom stereocenters. The zero-order chi connectivity index (χ0) is 11.5. The lowest BCUT2D eigenvalue weighted by atomic mass is 10.1. The predicted octanol–water partition coefficient (Wildman–Crippen LogP) is 2.06. The van der Waals surface area contributed by atoms with Crippen molar-refractivity contribution in [1.82, 2.24) is 5.32 Å². The fourth-order valence-electron chi connectivity index (χ4n) is 1.58. The van der Waals surface area contributed by atoms with E-state index in [0.29, 0.717) is 6.04 Å². The van der Waals surface area contributed by atoms with Gasteiger partial charge in [0.15, 0.2) is 0 Å². The van der Waals surface area contributed by atoms with Crippen molar-refractivity contribution in [3.05, 3.63) is 0 Å². The van der Waals surface area contributed by atoms with E-state index in [2.05, 4.69) is 26.1 Å². The quantitative estimate of drug-likeness (QED) is 0.568. The van der Waals surface area contributed by atoms with Crippen molar-refractivity contribution in [2.45, 2.75) is 39.7 Å². The molecule has 1 atom stereocenters. The topological polar surface area (TPSA) is 30.5 Å². The number of nitrogens with one attached hydrogen (secondary N) is 1. The molecule has 0 aromatic heterocycles. The maximum Gasteiger partial charge on any atom is 0.0591 e. The van der Waals surface area contributed by atoms with Gasteiger partial charge >= 0.3 is 0 Å². The zero-order valence-electron chi connectivity index (χ0n) is 10.7. The summed E-state index contributed by atoms with van der Waals surface area (Å²) in [6, 6.07) is 0.590. The summed E-state index contributed by atoms with van der Waals surface area (Å²) < 4.78 is 10.4. The highest BCUT2D eigenvalue weighted by Crippen LogP contribution is 2.02. The Labute approximate surface area is 94.5 Å². The van der Waals surface area contributed by atoms with Gasteiger partial charge in [0.05, 0.1) is 6.61 Å². The highest BCUT2D eigenvalue weighted by atomic mass is 16.5. The van der Waals surface area contributed by atoms with E-state index in [4.69, 9.17) is 9.47 Å². The lowest BCUT2D eigenvalue weighted by Crippen LogP contribution is -2.30. The Morgan fingerprint density at radius 3 is 2.40 bits per heavy atom. The standard InChI is InChI=1S/C12H27NO2/c1-11(2)10-12(3)13-6-9-15-8-5-7-14-4/h11-13H,5-10H2,1-4H3. The molecule has 92 valence electrons. The minimum Gasteiger partial charge on any atom is -0.385 e. The minimum atomic E-state index is 0.590. The van der Waals surface area contributed by atoms with Crippen LogP contribution in [0.15, 0.2) is 0 Å². The molecule has 0 radical (unpaired) electrons. The van der Waals surface area contributed by atoms with Crippen molar-refractivity contribution >= 4 is 0 Å². The number of ether oxygens (including phenoxy) is 2. The smallest absolute Gasteiger partial charge is 0.0591 e. The molecule has 0 heterocycles. The van der Waals surface area contributed by atoms with Crippen LogP contribution in [0.1, 0.15) is 33.6 Å². The summed E-state index contributed by atoms with van der Waals surface area (Å²) in [5.41, 5.74) is 0. The molecular formula is C12H27NO2. The SMILES string of the molecule is COCCCOCCNC(C)CC(C)C. The van der Waals surface area contributed by atoms with Gasteiger partial charge in [0.1, 0.15) is 0 Å². The highest BCUT2D eigenvalue weighted by Gasteiger charge is 2.02. The van der Waals surface area contributed by atoms with Gasteiger partial charge in [-0.15, -0.1) is 0 Å². The molecule has 15 heavy (non-hydrogen) atoms. The van der Waals surface area contributed by atoms with Gasteiger partial charge in [0.25, 0.3) is 0 Å². The molecule has 0 fully saturated rings. The summed E-state index contributed by atoms with van der Waals surface area (Å²) in [6.07, 6.45) is 2.21. The number of hydrogen-bond acceptors (Lipinski definition) is 3. The number of hydrogen-bond donors (Lipinski definition) is 1. The van der Waals surface area contributed by atoms with Gasteiger partial charge in [-0.2, -0.15) is 0 Å². The summed E-state index contributed by atoms with van der Waals surface area (Å²) in [4.78, 5) is 0. The van der Waals surface area contributed by atoms with Crippen molar-refractivity contribution in [2.24, 2.45) is 5.92 Å². The molecule has 0 aromatic carbocycles. The molecule has 0 rings (SSSR count). The van der Waals surface area contributed by atoms with Crippen molar-refractivity contribution in [3.8, 4) is 0 Å². The first-order valence-corrected chi connectivity index (χ1v) is 5.97. The third kappa shape index (κ3) is 11.8. The van der Waals surface area contributed by atoms with Gasteiger partial charge < -0.3 is 14.8 Å². The summed E-state index contributed by atoms with van der Waals surface area (Å²) in [5.74, 6) is 0.759. The van der Waals surface area contributed by atoms with Gasteiger partial charge in [0.2, 0.25) is 0 Å². The first-order valence-electron chi connectivity index (χ1n) is 5.97. The monoisotopic (exact) mass is 217 g/mol. The second-order valence-electron chi connectivity index (χ2n) is 4.44. The number of rotatable bonds is 10. The zero-order valence-corrected chi connectivity index (χ0v) is 10.7. The molecule has 0 aromatic rings. The average Bonchev–Trinajstić information content (AvgIpc) is 2.15. The van der Waals surface area contributed by atoms with Crippen LogP contribution in [0.2, 0.25) is 0 Å². The fraction of sp³-hybridized carbons (Fsp3) is 1.00. The maximum absolute atomic E-state index is 5.45. The van der Waals surface area contributed by atoms with Crippen molar-refractivity contribution in [1.29, 1.82) is 0 Å². The van der Waals surface area contributed by atoms with Crippen LogP contribution in [0.4, 0.5) is 0 Å². The average molecular weight is 217 g/mol. The Balaban J connectivity index is 3.09. The molecular weight excluding hydrogens is 190 g/mol. The molecule has 0 aliphatic carbocycles. The third-order valence-electron chi connectivity index (χ3n) is 2.20. The van der Waals surface area contributed by atoms with E-state index in [9.17, 15) is 0 Å². The molecule has 0 amide bonds. The fourth-order valence-corrected chi connectivity index (χ4v) is 1.58. The molecule has 0 aliphatic heterocycles. The van der Waals surface area contributed by atoms with E-state index in [-0.39, 0.29) is 0 Å². The van der Waals surface area contributed by atoms with Gasteiger partial charge in [0, 0.05) is 32.9 Å². The maximum atomic E-state index is 5.45. The first kappa shape index (κ1) is 14.9. The van der Waals surface area contributed by atoms with Crippen molar-refractivity contribution in [2.75, 3.05) is 33.5 Å². The Morgan fingerprint density at radius 1 is 1.07 bits per heavy atom. The largest absolute Gasteiger partial charge is 0.385 e. The molecule has 0 spiro atoms. The second kappa shape index (κ2) is 10.4. The highest BCUT2D eigenvalue weighted by molar-refractivity contribution is 4.62. The van der Waals surface area contributed by atoms with Crippen molar-refractivity contribution < 1.29 is 9.47 Å². The van der Waals surface area contributed by atoms with E-state index in [1.807, 2.05) is 0 Å². The van der Waals surface area contributed by atoms with Crippen molar-refractivity contribution in [3.63, 3.8) is 0 Å². The lowest BCUT2D eigenvalue weighted by molar-refractivity contribution is 0.103. The molecule has 3 nitrogen and oxygen atoms in total.